The molecule has 13 heteroatoms. The Hall–Kier alpha value is -1.51. The molecule has 3 aliphatic heterocycles. The van der Waals surface area contributed by atoms with Crippen LogP contribution in [0, 0.1) is 5.92 Å². The fourth-order valence-electron chi connectivity index (χ4n) is 4.44. The highest BCUT2D eigenvalue weighted by atomic mass is 32.3. The van der Waals surface area contributed by atoms with E-state index < -0.39 is 39.5 Å². The van der Waals surface area contributed by atoms with Crippen LogP contribution in [0.2, 0.25) is 0 Å². The van der Waals surface area contributed by atoms with Gasteiger partial charge in [0, 0.05) is 19.0 Å². The predicted octanol–water partition coefficient (Wildman–Crippen LogP) is -2.27. The topological polar surface area (TPSA) is 164 Å². The first kappa shape index (κ1) is 17.9. The van der Waals surface area contributed by atoms with Crippen LogP contribution in [0.25, 0.3) is 0 Å². The molecule has 146 valence electrons. The van der Waals surface area contributed by atoms with E-state index in [2.05, 4.69) is 15.1 Å². The molecule has 0 radical (unpaired) electrons. The van der Waals surface area contributed by atoms with Crippen LogP contribution in [0.5, 0.6) is 0 Å². The molecule has 4 unspecified atom stereocenters. The van der Waals surface area contributed by atoms with Crippen LogP contribution in [-0.2, 0) is 24.3 Å². The molecule has 0 aromatic rings. The van der Waals surface area contributed by atoms with Gasteiger partial charge in [-0.05, 0) is 25.8 Å². The van der Waals surface area contributed by atoms with Crippen molar-refractivity contribution in [2.45, 2.75) is 36.4 Å². The third-order valence-electron chi connectivity index (χ3n) is 5.81. The van der Waals surface area contributed by atoms with Crippen molar-refractivity contribution >= 4 is 22.3 Å². The number of hydroxylamine groups is 3. The minimum absolute atomic E-state index is 0.139. The number of hydrogen-bond acceptors (Lipinski definition) is 8. The summed E-state index contributed by atoms with van der Waals surface area (Å²) in [5.74, 6) is -0.781. The van der Waals surface area contributed by atoms with Crippen LogP contribution in [0.3, 0.4) is 0 Å². The molecule has 4 aliphatic rings. The van der Waals surface area contributed by atoms with Crippen molar-refractivity contribution < 1.29 is 31.7 Å². The Morgan fingerprint density at radius 1 is 1.46 bits per heavy atom. The van der Waals surface area contributed by atoms with E-state index >= 15 is 0 Å². The zero-order chi connectivity index (χ0) is 18.7. The van der Waals surface area contributed by atoms with E-state index in [-0.39, 0.29) is 19.1 Å². The molecule has 26 heavy (non-hydrogen) atoms. The minimum Gasteiger partial charge on any atom is -0.322 e. The number of fused-ring (bicyclic) bond motifs is 1. The number of carbonyl (C=O) groups is 2. The summed E-state index contributed by atoms with van der Waals surface area (Å²) in [6, 6.07) is -1.54. The molecular formula is C13H21N5O7S. The fourth-order valence-corrected chi connectivity index (χ4v) is 4.84. The SMILES string of the molecule is NC1(CONC(=O)C2C3CCC34CN2C(=O)N4OS(=O)(=O)O)CCNC1. The normalized spacial score (nSPS) is 38.5. The molecule has 1 aliphatic carbocycles. The monoisotopic (exact) mass is 391 g/mol. The number of rotatable bonds is 6. The highest BCUT2D eigenvalue weighted by molar-refractivity contribution is 7.80. The van der Waals surface area contributed by atoms with Crippen LogP contribution in [0.1, 0.15) is 19.3 Å². The summed E-state index contributed by atoms with van der Waals surface area (Å²) in [6.07, 6.45) is 1.83. The lowest BCUT2D eigenvalue weighted by molar-refractivity contribution is -0.163. The second-order valence-electron chi connectivity index (χ2n) is 7.44. The van der Waals surface area contributed by atoms with E-state index in [4.69, 9.17) is 15.1 Å². The highest BCUT2D eigenvalue weighted by Gasteiger charge is 2.72. The second kappa shape index (κ2) is 5.74. The summed E-state index contributed by atoms with van der Waals surface area (Å²) >= 11 is 0. The quantitative estimate of drug-likeness (QED) is 0.289. The maximum Gasteiger partial charge on any atom is 0.418 e. The minimum atomic E-state index is -4.83. The van der Waals surface area contributed by atoms with Crippen LogP contribution < -0.4 is 16.5 Å². The number of nitrogens with one attached hydrogen (secondary N) is 2. The fraction of sp³-hybridized carbons (Fsp3) is 0.846. The average molecular weight is 391 g/mol. The zero-order valence-electron chi connectivity index (χ0n) is 13.9. The molecule has 12 nitrogen and oxygen atoms in total. The molecule has 4 fully saturated rings. The van der Waals surface area contributed by atoms with Crippen molar-refractivity contribution in [3.63, 3.8) is 0 Å². The maximum absolute atomic E-state index is 12.5. The standard InChI is InChI=1S/C13H21N5O7S/c14-12(3-4-15-5-12)7-24-16-10(19)9-8-1-2-13(8)6-17(9)11(20)18(13)25-26(21,22)23/h8-9,15H,1-7,14H2,(H,16,19)(H,21,22,23). The van der Waals surface area contributed by atoms with Crippen LogP contribution in [0.4, 0.5) is 4.79 Å². The largest absolute Gasteiger partial charge is 0.418 e. The highest BCUT2D eigenvalue weighted by Crippen LogP contribution is 2.57. The van der Waals surface area contributed by atoms with E-state index in [1.165, 1.54) is 4.90 Å². The number of nitrogens with two attached hydrogens (primary N) is 1. The molecule has 0 aromatic carbocycles. The Morgan fingerprint density at radius 2 is 2.23 bits per heavy atom. The van der Waals surface area contributed by atoms with E-state index in [9.17, 15) is 18.0 Å². The van der Waals surface area contributed by atoms with Gasteiger partial charge in [0.2, 0.25) is 0 Å². The van der Waals surface area contributed by atoms with Crippen molar-refractivity contribution in [3.05, 3.63) is 0 Å². The summed E-state index contributed by atoms with van der Waals surface area (Å²) in [7, 11) is -4.83. The molecule has 5 N–H and O–H groups in total. The van der Waals surface area contributed by atoms with Crippen LogP contribution >= 0.6 is 0 Å². The lowest BCUT2D eigenvalue weighted by Gasteiger charge is -2.50. The van der Waals surface area contributed by atoms with Gasteiger partial charge in [0.1, 0.15) is 6.04 Å². The Balaban J connectivity index is 1.40. The van der Waals surface area contributed by atoms with E-state index in [1.54, 1.807) is 0 Å². The maximum atomic E-state index is 12.5. The van der Waals surface area contributed by atoms with Gasteiger partial charge >= 0.3 is 16.4 Å². The smallest absolute Gasteiger partial charge is 0.322 e. The summed E-state index contributed by atoms with van der Waals surface area (Å²) in [4.78, 5) is 31.4. The molecule has 3 heterocycles. The zero-order valence-corrected chi connectivity index (χ0v) is 14.7. The molecule has 3 amide bonds. The molecule has 3 saturated heterocycles. The number of hydrogen-bond donors (Lipinski definition) is 4. The number of urea groups is 1. The van der Waals surface area contributed by atoms with Gasteiger partial charge in [0.05, 0.1) is 17.7 Å². The number of carbonyl (C=O) groups excluding carboxylic acids is 2. The molecule has 0 aromatic heterocycles. The van der Waals surface area contributed by atoms with Gasteiger partial charge < -0.3 is 16.0 Å². The van der Waals surface area contributed by atoms with Gasteiger partial charge in [0.15, 0.2) is 0 Å². The molecule has 1 saturated carbocycles. The summed E-state index contributed by atoms with van der Waals surface area (Å²) in [6.45, 7) is 1.67. The van der Waals surface area contributed by atoms with Crippen molar-refractivity contribution in [3.8, 4) is 0 Å². The van der Waals surface area contributed by atoms with Gasteiger partial charge in [-0.2, -0.15) is 13.5 Å². The Bertz CT molecular complexity index is 739. The summed E-state index contributed by atoms with van der Waals surface area (Å²) < 4.78 is 35.3. The van der Waals surface area contributed by atoms with Crippen molar-refractivity contribution in [2.75, 3.05) is 26.2 Å². The molecule has 2 bridgehead atoms. The van der Waals surface area contributed by atoms with Gasteiger partial charge in [-0.1, -0.05) is 0 Å². The molecule has 4 rings (SSSR count). The van der Waals surface area contributed by atoms with E-state index in [0.717, 1.165) is 13.0 Å². The van der Waals surface area contributed by atoms with Gasteiger partial charge in [-0.15, -0.1) is 4.28 Å². The molecule has 1 spiro atoms. The first-order chi connectivity index (χ1) is 12.2. The molecular weight excluding hydrogens is 370 g/mol. The van der Waals surface area contributed by atoms with Crippen molar-refractivity contribution in [2.24, 2.45) is 11.7 Å². The number of amides is 3. The third kappa shape index (κ3) is 2.66. The Morgan fingerprint density at radius 3 is 2.81 bits per heavy atom. The third-order valence-corrected chi connectivity index (χ3v) is 6.15. The Kier molecular flexibility index (Phi) is 3.95. The van der Waals surface area contributed by atoms with Gasteiger partial charge in [-0.3, -0.25) is 14.2 Å². The summed E-state index contributed by atoms with van der Waals surface area (Å²) in [5.41, 5.74) is 7.01. The van der Waals surface area contributed by atoms with E-state index in [0.29, 0.717) is 24.4 Å². The lowest BCUT2D eigenvalue weighted by Crippen LogP contribution is -2.66. The average Bonchev–Trinajstić information content (AvgIpc) is 3.13. The first-order valence-electron chi connectivity index (χ1n) is 8.34. The summed E-state index contributed by atoms with van der Waals surface area (Å²) in [5, 5.41) is 3.80. The number of nitrogens with zero attached hydrogens (tertiary/aromatic N) is 2. The van der Waals surface area contributed by atoms with Gasteiger partial charge in [0.25, 0.3) is 5.91 Å². The van der Waals surface area contributed by atoms with Crippen LogP contribution in [-0.4, -0.2) is 78.2 Å². The van der Waals surface area contributed by atoms with Gasteiger partial charge in [-0.25, -0.2) is 10.3 Å². The van der Waals surface area contributed by atoms with Crippen molar-refractivity contribution in [1.82, 2.24) is 20.8 Å². The van der Waals surface area contributed by atoms with E-state index in [1.807, 2.05) is 0 Å². The predicted molar refractivity (Wildman–Crippen MR) is 84.3 cm³/mol. The Labute approximate surface area is 149 Å². The lowest BCUT2D eigenvalue weighted by atomic mass is 9.65. The second-order valence-corrected chi connectivity index (χ2v) is 8.45. The van der Waals surface area contributed by atoms with Crippen molar-refractivity contribution in [1.29, 1.82) is 0 Å². The molecule has 4 atom stereocenters. The van der Waals surface area contributed by atoms with Crippen LogP contribution in [0.15, 0.2) is 0 Å². The first-order valence-corrected chi connectivity index (χ1v) is 9.71.